The van der Waals surface area contributed by atoms with Crippen molar-refractivity contribution in [1.29, 1.82) is 0 Å². The average molecular weight is 334 g/mol. The van der Waals surface area contributed by atoms with Gasteiger partial charge in [0, 0.05) is 5.56 Å². The molecule has 0 aliphatic heterocycles. The molecule has 0 spiro atoms. The molecule has 1 nitrogen and oxygen atoms in total. The molecule has 1 rings (SSSR count). The summed E-state index contributed by atoms with van der Waals surface area (Å²) in [7, 11) is 0. The highest BCUT2D eigenvalue weighted by Gasteiger charge is 2.32. The zero-order valence-electron chi connectivity index (χ0n) is 6.09. The highest BCUT2D eigenvalue weighted by Crippen LogP contribution is 2.48. The van der Waals surface area contributed by atoms with Crippen molar-refractivity contribution in [3.05, 3.63) is 25.9 Å². The monoisotopic (exact) mass is 331 g/mol. The summed E-state index contributed by atoms with van der Waals surface area (Å²) in [6.07, 6.45) is 0. The smallest absolute Gasteiger partial charge is 0.219 e. The summed E-state index contributed by atoms with van der Waals surface area (Å²) in [6, 6.07) is 0. The van der Waals surface area contributed by atoms with E-state index in [1.807, 2.05) is 0 Å². The lowest BCUT2D eigenvalue weighted by molar-refractivity contribution is 1.19. The maximum absolute atomic E-state index is 5.76. The number of pyridine rings is 1. The van der Waals surface area contributed by atoms with Crippen molar-refractivity contribution in [3.8, 4) is 0 Å². The minimum absolute atomic E-state index is 0.0239. The Bertz CT molecular complexity index is 343. The second-order valence-corrected chi connectivity index (χ2v) is 5.95. The maximum Gasteiger partial charge on any atom is 0.219 e. The summed E-state index contributed by atoms with van der Waals surface area (Å²) >= 11 is 39.7. The predicted molar refractivity (Wildman–Crippen MR) is 63.5 cm³/mol. The van der Waals surface area contributed by atoms with Crippen LogP contribution in [0.25, 0.3) is 0 Å². The van der Waals surface area contributed by atoms with Crippen LogP contribution >= 0.6 is 81.2 Å². The van der Waals surface area contributed by atoms with E-state index in [0.29, 0.717) is 0 Å². The van der Waals surface area contributed by atoms with Gasteiger partial charge < -0.3 is 0 Å². The summed E-state index contributed by atoms with van der Waals surface area (Å²) in [6.45, 7) is 0. The normalized spacial score (nSPS) is 11.9. The Kier molecular flexibility index (Phi) is 4.34. The Hall–Kier alpha value is 1.18. The highest BCUT2D eigenvalue weighted by atomic mass is 35.6. The molecule has 0 saturated heterocycles. The van der Waals surface area contributed by atoms with Crippen LogP contribution in [0, 0.1) is 0 Å². The van der Waals surface area contributed by atoms with Crippen LogP contribution in [-0.4, -0.2) is 4.98 Å². The lowest BCUT2D eigenvalue weighted by Crippen LogP contribution is -2.04. The van der Waals surface area contributed by atoms with E-state index in [1.54, 1.807) is 0 Å². The Morgan fingerprint density at radius 2 is 1.14 bits per heavy atom. The van der Waals surface area contributed by atoms with Crippen LogP contribution < -0.4 is 0 Å². The van der Waals surface area contributed by atoms with Gasteiger partial charge in [0.25, 0.3) is 0 Å². The number of alkyl halides is 3. The van der Waals surface area contributed by atoms with Gasteiger partial charge in [-0.1, -0.05) is 81.2 Å². The molecule has 1 aromatic heterocycles. The van der Waals surface area contributed by atoms with Gasteiger partial charge in [0.15, 0.2) is 0 Å². The van der Waals surface area contributed by atoms with Crippen molar-refractivity contribution in [2.75, 3.05) is 0 Å². The number of rotatable bonds is 0. The molecule has 0 bridgehead atoms. The third kappa shape index (κ3) is 2.65. The highest BCUT2D eigenvalue weighted by molar-refractivity contribution is 6.68. The summed E-state index contributed by atoms with van der Waals surface area (Å²) in [4.78, 5) is 3.64. The molecule has 1 aromatic rings. The molecule has 78 valence electrons. The van der Waals surface area contributed by atoms with Gasteiger partial charge in [-0.2, -0.15) is 0 Å². The lowest BCUT2D eigenvalue weighted by Gasteiger charge is -2.16. The third-order valence-electron chi connectivity index (χ3n) is 1.28. The van der Waals surface area contributed by atoms with Gasteiger partial charge in [-0.3, -0.25) is 0 Å². The topological polar surface area (TPSA) is 12.9 Å². The average Bonchev–Trinajstić information content (AvgIpc) is 1.98. The Balaban J connectivity index is 3.56. The first kappa shape index (κ1) is 13.2. The molecule has 0 radical (unpaired) electrons. The minimum Gasteiger partial charge on any atom is -0.221 e. The minimum atomic E-state index is -1.80. The maximum atomic E-state index is 5.76. The Morgan fingerprint density at radius 1 is 0.786 bits per heavy atom. The summed E-state index contributed by atoms with van der Waals surface area (Å²) in [5, 5.41) is -0.188. The quantitative estimate of drug-likeness (QED) is 0.449. The van der Waals surface area contributed by atoms with E-state index in [4.69, 9.17) is 81.2 Å². The fourth-order valence-electron chi connectivity index (χ4n) is 0.736. The number of hydrogen-bond acceptors (Lipinski definition) is 1. The third-order valence-corrected chi connectivity index (χ3v) is 3.32. The second-order valence-electron chi connectivity index (χ2n) is 2.19. The van der Waals surface area contributed by atoms with Gasteiger partial charge in [0.2, 0.25) is 3.79 Å². The fourth-order valence-corrected chi connectivity index (χ4v) is 2.60. The van der Waals surface area contributed by atoms with Crippen LogP contribution in [0.1, 0.15) is 5.56 Å². The Labute approximate surface area is 115 Å². The largest absolute Gasteiger partial charge is 0.221 e. The van der Waals surface area contributed by atoms with Crippen LogP contribution in [0.3, 0.4) is 0 Å². The molecule has 1 heterocycles. The van der Waals surface area contributed by atoms with Gasteiger partial charge in [-0.25, -0.2) is 4.98 Å². The molecule has 0 fully saturated rings. The van der Waals surface area contributed by atoms with Gasteiger partial charge in [0.1, 0.15) is 10.3 Å². The summed E-state index contributed by atoms with van der Waals surface area (Å²) in [5.41, 5.74) is 0.0239. The molecular formula is C6Cl7N. The van der Waals surface area contributed by atoms with Crippen molar-refractivity contribution in [3.63, 3.8) is 0 Å². The number of aromatic nitrogens is 1. The molecule has 0 amide bonds. The van der Waals surface area contributed by atoms with Gasteiger partial charge in [0.05, 0.1) is 10.0 Å². The predicted octanol–water partition coefficient (Wildman–Crippen LogP) is 5.52. The van der Waals surface area contributed by atoms with E-state index in [9.17, 15) is 0 Å². The SMILES string of the molecule is Clc1nc(Cl)c(Cl)c(C(Cl)(Cl)Cl)c1Cl. The van der Waals surface area contributed by atoms with Gasteiger partial charge in [-0.05, 0) is 0 Å². The van der Waals surface area contributed by atoms with Crippen molar-refractivity contribution in [2.45, 2.75) is 3.79 Å². The van der Waals surface area contributed by atoms with Crippen LogP contribution in [0.4, 0.5) is 0 Å². The van der Waals surface area contributed by atoms with E-state index in [2.05, 4.69) is 4.98 Å². The van der Waals surface area contributed by atoms with Crippen LogP contribution in [0.15, 0.2) is 0 Å². The van der Waals surface area contributed by atoms with Crippen LogP contribution in [-0.2, 0) is 3.79 Å². The Morgan fingerprint density at radius 3 is 1.43 bits per heavy atom. The molecule has 0 saturated carbocycles. The van der Waals surface area contributed by atoms with Crippen LogP contribution in [0.5, 0.6) is 0 Å². The molecule has 0 aliphatic rings. The standard InChI is InChI=1S/C6Cl7N/c7-2-1(6(11,12)13)3(8)5(10)14-4(2)9. The van der Waals surface area contributed by atoms with E-state index in [-0.39, 0.29) is 25.9 Å². The second kappa shape index (κ2) is 4.58. The van der Waals surface area contributed by atoms with Crippen molar-refractivity contribution in [2.24, 2.45) is 0 Å². The number of hydrogen-bond donors (Lipinski definition) is 0. The first-order chi connectivity index (χ1) is 6.25. The molecule has 0 N–H and O–H groups in total. The van der Waals surface area contributed by atoms with Gasteiger partial charge >= 0.3 is 0 Å². The number of halogens is 7. The zero-order valence-corrected chi connectivity index (χ0v) is 11.4. The molecule has 8 heteroatoms. The van der Waals surface area contributed by atoms with E-state index >= 15 is 0 Å². The lowest BCUT2D eigenvalue weighted by atomic mass is 10.3. The van der Waals surface area contributed by atoms with E-state index in [1.165, 1.54) is 0 Å². The first-order valence-electron chi connectivity index (χ1n) is 3.02. The summed E-state index contributed by atoms with van der Waals surface area (Å²) < 4.78 is -1.80. The molecule has 0 aromatic carbocycles. The van der Waals surface area contributed by atoms with Gasteiger partial charge in [-0.15, -0.1) is 0 Å². The van der Waals surface area contributed by atoms with E-state index in [0.717, 1.165) is 0 Å². The van der Waals surface area contributed by atoms with Crippen molar-refractivity contribution >= 4 is 81.2 Å². The molecule has 0 unspecified atom stereocenters. The summed E-state index contributed by atoms with van der Waals surface area (Å²) in [5.74, 6) is 0. The molecular weight excluding hydrogens is 334 g/mol. The number of nitrogens with zero attached hydrogens (tertiary/aromatic N) is 1. The van der Waals surface area contributed by atoms with Crippen molar-refractivity contribution < 1.29 is 0 Å². The zero-order chi connectivity index (χ0) is 11.1. The molecule has 0 atom stereocenters. The molecule has 14 heavy (non-hydrogen) atoms. The van der Waals surface area contributed by atoms with E-state index < -0.39 is 3.79 Å². The molecule has 0 aliphatic carbocycles. The van der Waals surface area contributed by atoms with Crippen molar-refractivity contribution in [1.82, 2.24) is 4.98 Å². The van der Waals surface area contributed by atoms with Crippen LogP contribution in [0.2, 0.25) is 20.4 Å². The fraction of sp³-hybridized carbons (Fsp3) is 0.167. The first-order valence-corrected chi connectivity index (χ1v) is 5.67.